The third-order valence-electron chi connectivity index (χ3n) is 5.63. The molecule has 2 unspecified atom stereocenters. The van der Waals surface area contributed by atoms with Crippen molar-refractivity contribution in [1.82, 2.24) is 0 Å². The van der Waals surface area contributed by atoms with Gasteiger partial charge in [-0.2, -0.15) is 0 Å². The van der Waals surface area contributed by atoms with E-state index in [1.807, 2.05) is 0 Å². The maximum atomic E-state index is 12.8. The molecule has 0 amide bonds. The molecule has 0 radical (unpaired) electrons. The first-order chi connectivity index (χ1) is 9.95. The van der Waals surface area contributed by atoms with Gasteiger partial charge in [0, 0.05) is 13.5 Å². The predicted molar refractivity (Wildman–Crippen MR) is 89.4 cm³/mol. The van der Waals surface area contributed by atoms with Gasteiger partial charge in [0.2, 0.25) is 0 Å². The van der Waals surface area contributed by atoms with Crippen molar-refractivity contribution in [3.63, 3.8) is 0 Å². The fourth-order valence-corrected chi connectivity index (χ4v) is 4.08. The summed E-state index contributed by atoms with van der Waals surface area (Å²) in [4.78, 5) is 12.8. The van der Waals surface area contributed by atoms with Crippen molar-refractivity contribution in [3.8, 4) is 0 Å². The number of hydrogen-bond donors (Lipinski definition) is 0. The molecule has 1 aliphatic rings. The van der Waals surface area contributed by atoms with Gasteiger partial charge >= 0.3 is 0 Å². The van der Waals surface area contributed by atoms with Crippen molar-refractivity contribution in [2.45, 2.75) is 79.1 Å². The summed E-state index contributed by atoms with van der Waals surface area (Å²) in [5.74, 6) is 2.21. The first-order valence-corrected chi connectivity index (χ1v) is 8.97. The van der Waals surface area contributed by atoms with E-state index in [-0.39, 0.29) is 5.41 Å². The number of Topliss-reactive ketones (excluding diaryl/α,β-unsaturated/α-hetero) is 1. The topological polar surface area (TPSA) is 26.3 Å². The van der Waals surface area contributed by atoms with Crippen LogP contribution in [0.5, 0.6) is 0 Å². The molecule has 0 aromatic heterocycles. The lowest BCUT2D eigenvalue weighted by molar-refractivity contribution is -0.137. The number of ketones is 1. The number of methoxy groups -OCH3 is 1. The summed E-state index contributed by atoms with van der Waals surface area (Å²) < 4.78 is 5.44. The average molecular weight is 296 g/mol. The van der Waals surface area contributed by atoms with Crippen LogP contribution in [0.4, 0.5) is 0 Å². The minimum Gasteiger partial charge on any atom is -0.384 e. The van der Waals surface area contributed by atoms with Crippen molar-refractivity contribution in [2.75, 3.05) is 13.7 Å². The lowest BCUT2D eigenvalue weighted by Crippen LogP contribution is -2.42. The zero-order valence-corrected chi connectivity index (χ0v) is 14.9. The molecule has 0 aliphatic heterocycles. The van der Waals surface area contributed by atoms with Gasteiger partial charge in [-0.3, -0.25) is 4.79 Å². The van der Waals surface area contributed by atoms with Crippen LogP contribution in [0.2, 0.25) is 0 Å². The Hall–Kier alpha value is -0.370. The zero-order valence-electron chi connectivity index (χ0n) is 14.9. The van der Waals surface area contributed by atoms with Crippen molar-refractivity contribution in [1.29, 1.82) is 0 Å². The molecule has 0 heterocycles. The van der Waals surface area contributed by atoms with E-state index < -0.39 is 0 Å². The average Bonchev–Trinajstić information content (AvgIpc) is 2.71. The van der Waals surface area contributed by atoms with E-state index in [0.29, 0.717) is 24.2 Å². The first-order valence-electron chi connectivity index (χ1n) is 8.97. The standard InChI is InChI=1S/C19H36O2/c1-15(2)10-8-6-7-9-11-18(20)19(14-21-5)16(3)12-13-17(19)4/h15-17H,6-14H2,1-5H3. The Morgan fingerprint density at radius 2 is 1.67 bits per heavy atom. The van der Waals surface area contributed by atoms with Crippen LogP contribution >= 0.6 is 0 Å². The maximum absolute atomic E-state index is 12.8. The summed E-state index contributed by atoms with van der Waals surface area (Å²) in [6.07, 6.45) is 9.24. The normalized spacial score (nSPS) is 29.2. The van der Waals surface area contributed by atoms with Gasteiger partial charge in [0.15, 0.2) is 0 Å². The Kier molecular flexibility index (Phi) is 7.94. The largest absolute Gasteiger partial charge is 0.384 e. The predicted octanol–water partition coefficient (Wildman–Crippen LogP) is 5.25. The second-order valence-electron chi connectivity index (χ2n) is 7.62. The third-order valence-corrected chi connectivity index (χ3v) is 5.63. The summed E-state index contributed by atoms with van der Waals surface area (Å²) in [6, 6.07) is 0. The van der Waals surface area contributed by atoms with E-state index in [9.17, 15) is 4.79 Å². The summed E-state index contributed by atoms with van der Waals surface area (Å²) in [5.41, 5.74) is -0.202. The van der Waals surface area contributed by atoms with Gasteiger partial charge in [-0.1, -0.05) is 53.4 Å². The van der Waals surface area contributed by atoms with Crippen LogP contribution in [0, 0.1) is 23.2 Å². The van der Waals surface area contributed by atoms with E-state index in [4.69, 9.17) is 4.74 Å². The molecule has 1 rings (SSSR count). The van der Waals surface area contributed by atoms with Crippen molar-refractivity contribution in [2.24, 2.45) is 23.2 Å². The molecule has 0 aromatic rings. The van der Waals surface area contributed by atoms with Gasteiger partial charge in [-0.25, -0.2) is 0 Å². The van der Waals surface area contributed by atoms with Crippen molar-refractivity contribution < 1.29 is 9.53 Å². The summed E-state index contributed by atoms with van der Waals surface area (Å²) in [7, 11) is 1.73. The highest BCUT2D eigenvalue weighted by Crippen LogP contribution is 2.49. The second kappa shape index (κ2) is 8.92. The van der Waals surface area contributed by atoms with Gasteiger partial charge < -0.3 is 4.74 Å². The first kappa shape index (κ1) is 18.7. The van der Waals surface area contributed by atoms with Crippen LogP contribution in [-0.4, -0.2) is 19.5 Å². The molecule has 124 valence electrons. The number of carbonyl (C=O) groups excluding carboxylic acids is 1. The lowest BCUT2D eigenvalue weighted by atomic mass is 9.69. The molecule has 1 saturated carbocycles. The number of unbranched alkanes of at least 4 members (excludes halogenated alkanes) is 3. The number of rotatable bonds is 10. The Bertz CT molecular complexity index is 299. The minimum atomic E-state index is -0.202. The molecule has 0 N–H and O–H groups in total. The smallest absolute Gasteiger partial charge is 0.141 e. The number of hydrogen-bond acceptors (Lipinski definition) is 2. The van der Waals surface area contributed by atoms with Crippen molar-refractivity contribution >= 4 is 5.78 Å². The number of ether oxygens (including phenoxy) is 1. The quantitative estimate of drug-likeness (QED) is 0.515. The molecule has 2 heteroatoms. The fourth-order valence-electron chi connectivity index (χ4n) is 4.08. The van der Waals surface area contributed by atoms with Crippen LogP contribution in [0.25, 0.3) is 0 Å². The SMILES string of the molecule is COCC1(C(=O)CCCCCCC(C)C)C(C)CCC1C. The molecule has 1 fully saturated rings. The summed E-state index contributed by atoms with van der Waals surface area (Å²) >= 11 is 0. The van der Waals surface area contributed by atoms with E-state index in [1.54, 1.807) is 7.11 Å². The van der Waals surface area contributed by atoms with E-state index in [2.05, 4.69) is 27.7 Å². The Morgan fingerprint density at radius 1 is 1.10 bits per heavy atom. The fraction of sp³-hybridized carbons (Fsp3) is 0.947. The summed E-state index contributed by atoms with van der Waals surface area (Å²) in [6.45, 7) is 9.65. The molecule has 1 aliphatic carbocycles. The van der Waals surface area contributed by atoms with Gasteiger partial charge in [-0.15, -0.1) is 0 Å². The van der Waals surface area contributed by atoms with Gasteiger partial charge in [-0.05, 0) is 37.0 Å². The zero-order chi connectivity index (χ0) is 15.9. The van der Waals surface area contributed by atoms with E-state index in [1.165, 1.54) is 38.5 Å². The Morgan fingerprint density at radius 3 is 2.19 bits per heavy atom. The Labute approximate surface area is 132 Å². The molecule has 2 nitrogen and oxygen atoms in total. The molecular formula is C19H36O2. The molecule has 0 aromatic carbocycles. The van der Waals surface area contributed by atoms with Crippen LogP contribution in [-0.2, 0) is 9.53 Å². The van der Waals surface area contributed by atoms with Gasteiger partial charge in [0.25, 0.3) is 0 Å². The highest BCUT2D eigenvalue weighted by molar-refractivity contribution is 5.86. The number of carbonyl (C=O) groups is 1. The summed E-state index contributed by atoms with van der Waals surface area (Å²) in [5, 5.41) is 0. The molecule has 0 saturated heterocycles. The van der Waals surface area contributed by atoms with Crippen LogP contribution in [0.3, 0.4) is 0 Å². The van der Waals surface area contributed by atoms with Gasteiger partial charge in [0.1, 0.15) is 5.78 Å². The van der Waals surface area contributed by atoms with Crippen LogP contribution < -0.4 is 0 Å². The van der Waals surface area contributed by atoms with Gasteiger partial charge in [0.05, 0.1) is 12.0 Å². The maximum Gasteiger partial charge on any atom is 0.141 e. The Balaban J connectivity index is 2.41. The van der Waals surface area contributed by atoms with Crippen LogP contribution in [0.1, 0.15) is 79.1 Å². The lowest BCUT2D eigenvalue weighted by Gasteiger charge is -2.35. The third kappa shape index (κ3) is 4.81. The highest BCUT2D eigenvalue weighted by atomic mass is 16.5. The molecule has 0 bridgehead atoms. The molecule has 2 atom stereocenters. The van der Waals surface area contributed by atoms with Crippen LogP contribution in [0.15, 0.2) is 0 Å². The molecular weight excluding hydrogens is 260 g/mol. The molecule has 21 heavy (non-hydrogen) atoms. The van der Waals surface area contributed by atoms with E-state index in [0.717, 1.165) is 18.8 Å². The van der Waals surface area contributed by atoms with Crippen molar-refractivity contribution in [3.05, 3.63) is 0 Å². The minimum absolute atomic E-state index is 0.202. The highest BCUT2D eigenvalue weighted by Gasteiger charge is 2.50. The second-order valence-corrected chi connectivity index (χ2v) is 7.62. The van der Waals surface area contributed by atoms with E-state index >= 15 is 0 Å². The molecule has 0 spiro atoms. The monoisotopic (exact) mass is 296 g/mol.